The maximum Gasteiger partial charge on any atom is 0.226 e. The first-order valence-corrected chi connectivity index (χ1v) is 7.69. The zero-order valence-corrected chi connectivity index (χ0v) is 14.3. The second-order valence-corrected chi connectivity index (χ2v) is 6.25. The summed E-state index contributed by atoms with van der Waals surface area (Å²) in [7, 11) is 0. The Morgan fingerprint density at radius 3 is 2.60 bits per heavy atom. The molecule has 1 aliphatic rings. The molecule has 1 aromatic rings. The van der Waals surface area contributed by atoms with Crippen LogP contribution < -0.4 is 5.73 Å². The number of halogens is 3. The third kappa shape index (κ3) is 4.62. The van der Waals surface area contributed by atoms with Crippen molar-refractivity contribution in [3.63, 3.8) is 0 Å². The molecule has 0 spiro atoms. The number of nitrogens with two attached hydrogens (primary N) is 1. The van der Waals surface area contributed by atoms with E-state index in [9.17, 15) is 4.79 Å². The second kappa shape index (κ2) is 8.23. The molecule has 0 aromatic heterocycles. The molecule has 1 fully saturated rings. The minimum Gasteiger partial charge on any atom is -0.342 e. The highest BCUT2D eigenvalue weighted by atomic mass is 79.9. The quantitative estimate of drug-likeness (QED) is 0.873. The minimum absolute atomic E-state index is 0. The van der Waals surface area contributed by atoms with Crippen LogP contribution in [0, 0.1) is 5.92 Å². The fraction of sp³-hybridized carbons (Fsp3) is 0.500. The van der Waals surface area contributed by atoms with Crippen LogP contribution in [0.2, 0.25) is 5.02 Å². The summed E-state index contributed by atoms with van der Waals surface area (Å²) in [4.78, 5) is 14.1. The van der Waals surface area contributed by atoms with Crippen LogP contribution in [0.25, 0.3) is 0 Å². The Morgan fingerprint density at radius 2 is 2.05 bits per heavy atom. The number of carbonyl (C=O) groups excluding carboxylic acids is 1. The predicted octanol–water partition coefficient (Wildman–Crippen LogP) is 3.26. The van der Waals surface area contributed by atoms with Gasteiger partial charge in [-0.15, -0.1) is 12.4 Å². The van der Waals surface area contributed by atoms with Gasteiger partial charge in [-0.3, -0.25) is 4.79 Å². The molecule has 1 aliphatic heterocycles. The molecule has 0 atom stereocenters. The van der Waals surface area contributed by atoms with E-state index in [2.05, 4.69) is 15.9 Å². The van der Waals surface area contributed by atoms with Gasteiger partial charge in [0.2, 0.25) is 5.91 Å². The largest absolute Gasteiger partial charge is 0.342 e. The Morgan fingerprint density at radius 1 is 1.40 bits per heavy atom. The van der Waals surface area contributed by atoms with Crippen molar-refractivity contribution in [3.8, 4) is 0 Å². The van der Waals surface area contributed by atoms with Gasteiger partial charge < -0.3 is 10.6 Å². The molecular formula is C14H19BrCl2N2O. The van der Waals surface area contributed by atoms with Gasteiger partial charge in [-0.1, -0.05) is 17.7 Å². The van der Waals surface area contributed by atoms with Crippen LogP contribution in [0.5, 0.6) is 0 Å². The first kappa shape index (κ1) is 17.8. The molecule has 0 radical (unpaired) electrons. The summed E-state index contributed by atoms with van der Waals surface area (Å²) in [6.07, 6.45) is 2.47. The molecular weight excluding hydrogens is 363 g/mol. The Bertz CT molecular complexity index is 462. The van der Waals surface area contributed by atoms with Gasteiger partial charge in [0.25, 0.3) is 0 Å². The Balaban J connectivity index is 0.00000200. The van der Waals surface area contributed by atoms with Gasteiger partial charge in [0.1, 0.15) is 0 Å². The number of rotatable bonds is 3. The lowest BCUT2D eigenvalue weighted by Crippen LogP contribution is -2.40. The van der Waals surface area contributed by atoms with E-state index in [1.165, 1.54) is 0 Å². The number of benzene rings is 1. The van der Waals surface area contributed by atoms with Crippen molar-refractivity contribution in [1.29, 1.82) is 0 Å². The van der Waals surface area contributed by atoms with E-state index in [4.69, 9.17) is 17.3 Å². The van der Waals surface area contributed by atoms with Crippen LogP contribution >= 0.6 is 39.9 Å². The summed E-state index contributed by atoms with van der Waals surface area (Å²) in [6, 6.07) is 5.62. The lowest BCUT2D eigenvalue weighted by molar-refractivity contribution is -0.131. The number of carbonyl (C=O) groups is 1. The molecule has 0 saturated carbocycles. The van der Waals surface area contributed by atoms with E-state index >= 15 is 0 Å². The smallest absolute Gasteiger partial charge is 0.226 e. The van der Waals surface area contributed by atoms with Gasteiger partial charge in [0.15, 0.2) is 0 Å². The van der Waals surface area contributed by atoms with E-state index < -0.39 is 0 Å². The molecule has 0 aliphatic carbocycles. The van der Waals surface area contributed by atoms with Crippen molar-refractivity contribution < 1.29 is 4.79 Å². The SMILES string of the molecule is Cl.NCC1CCN(C(=O)Cc2ccc(Cl)c(Br)c2)CC1. The molecule has 1 heterocycles. The van der Waals surface area contributed by atoms with Gasteiger partial charge in [-0.05, 0) is 58.9 Å². The van der Waals surface area contributed by atoms with Crippen molar-refractivity contribution in [2.24, 2.45) is 11.7 Å². The molecule has 1 amide bonds. The second-order valence-electron chi connectivity index (χ2n) is 4.99. The Labute approximate surface area is 139 Å². The summed E-state index contributed by atoms with van der Waals surface area (Å²) in [5.41, 5.74) is 6.65. The number of hydrogen-bond acceptors (Lipinski definition) is 2. The van der Waals surface area contributed by atoms with Crippen LogP contribution in [0.4, 0.5) is 0 Å². The maximum absolute atomic E-state index is 12.2. The normalized spacial score (nSPS) is 15.8. The summed E-state index contributed by atoms with van der Waals surface area (Å²) in [5, 5.41) is 0.667. The van der Waals surface area contributed by atoms with Crippen molar-refractivity contribution in [2.75, 3.05) is 19.6 Å². The maximum atomic E-state index is 12.2. The van der Waals surface area contributed by atoms with Gasteiger partial charge in [-0.25, -0.2) is 0 Å². The summed E-state index contributed by atoms with van der Waals surface area (Å²) >= 11 is 9.32. The van der Waals surface area contributed by atoms with Gasteiger partial charge in [-0.2, -0.15) is 0 Å². The zero-order chi connectivity index (χ0) is 13.8. The third-order valence-corrected chi connectivity index (χ3v) is 4.85. The molecule has 1 aromatic carbocycles. The molecule has 112 valence electrons. The molecule has 0 unspecified atom stereocenters. The number of nitrogens with zero attached hydrogens (tertiary/aromatic N) is 1. The Hall–Kier alpha value is -0.290. The van der Waals surface area contributed by atoms with Crippen LogP contribution in [-0.4, -0.2) is 30.4 Å². The van der Waals surface area contributed by atoms with Crippen LogP contribution in [0.15, 0.2) is 22.7 Å². The number of hydrogen-bond donors (Lipinski definition) is 1. The molecule has 1 saturated heterocycles. The monoisotopic (exact) mass is 380 g/mol. The highest BCUT2D eigenvalue weighted by molar-refractivity contribution is 9.10. The molecule has 2 rings (SSSR count). The van der Waals surface area contributed by atoms with Crippen molar-refractivity contribution in [3.05, 3.63) is 33.3 Å². The first-order chi connectivity index (χ1) is 9.10. The average molecular weight is 382 g/mol. The third-order valence-electron chi connectivity index (χ3n) is 3.64. The van der Waals surface area contributed by atoms with Gasteiger partial charge in [0, 0.05) is 17.6 Å². The van der Waals surface area contributed by atoms with E-state index in [0.29, 0.717) is 17.4 Å². The summed E-state index contributed by atoms with van der Waals surface area (Å²) in [5.74, 6) is 0.762. The number of likely N-dealkylation sites (tertiary alicyclic amines) is 1. The van der Waals surface area contributed by atoms with Gasteiger partial charge >= 0.3 is 0 Å². The van der Waals surface area contributed by atoms with Gasteiger partial charge in [0.05, 0.1) is 11.4 Å². The summed E-state index contributed by atoms with van der Waals surface area (Å²) in [6.45, 7) is 2.39. The first-order valence-electron chi connectivity index (χ1n) is 6.52. The van der Waals surface area contributed by atoms with E-state index in [1.807, 2.05) is 23.1 Å². The molecule has 6 heteroatoms. The fourth-order valence-electron chi connectivity index (χ4n) is 2.35. The van der Waals surface area contributed by atoms with Crippen molar-refractivity contribution in [1.82, 2.24) is 4.90 Å². The minimum atomic E-state index is 0. The molecule has 2 N–H and O–H groups in total. The van der Waals surface area contributed by atoms with Crippen molar-refractivity contribution >= 4 is 45.8 Å². The molecule has 0 bridgehead atoms. The van der Waals surface area contributed by atoms with E-state index in [1.54, 1.807) is 0 Å². The summed E-state index contributed by atoms with van der Waals surface area (Å²) < 4.78 is 0.835. The number of piperidine rings is 1. The fourth-order valence-corrected chi connectivity index (χ4v) is 2.90. The van der Waals surface area contributed by atoms with E-state index in [0.717, 1.165) is 42.5 Å². The number of amides is 1. The molecule has 3 nitrogen and oxygen atoms in total. The van der Waals surface area contributed by atoms with E-state index in [-0.39, 0.29) is 18.3 Å². The topological polar surface area (TPSA) is 46.3 Å². The average Bonchev–Trinajstić information content (AvgIpc) is 2.43. The van der Waals surface area contributed by atoms with Crippen LogP contribution in [0.1, 0.15) is 18.4 Å². The lowest BCUT2D eigenvalue weighted by Gasteiger charge is -2.31. The zero-order valence-electron chi connectivity index (χ0n) is 11.1. The Kier molecular flexibility index (Phi) is 7.30. The lowest BCUT2D eigenvalue weighted by atomic mass is 9.96. The highest BCUT2D eigenvalue weighted by Gasteiger charge is 2.21. The standard InChI is InChI=1S/C14H18BrClN2O.ClH/c15-12-7-11(1-2-13(12)16)8-14(19)18-5-3-10(9-17)4-6-18;/h1-2,7,10H,3-6,8-9,17H2;1H. The van der Waals surface area contributed by atoms with Crippen LogP contribution in [-0.2, 0) is 11.2 Å². The highest BCUT2D eigenvalue weighted by Crippen LogP contribution is 2.24. The predicted molar refractivity (Wildman–Crippen MR) is 88.5 cm³/mol. The van der Waals surface area contributed by atoms with Crippen molar-refractivity contribution in [2.45, 2.75) is 19.3 Å². The van der Waals surface area contributed by atoms with Crippen LogP contribution in [0.3, 0.4) is 0 Å². The molecule has 20 heavy (non-hydrogen) atoms.